The number of nitrogens with zero attached hydrogens (tertiary/aromatic N) is 1. The van der Waals surface area contributed by atoms with E-state index in [9.17, 15) is 8.42 Å². The van der Waals surface area contributed by atoms with Crippen LogP contribution in [0.4, 0.5) is 5.69 Å². The first-order valence-corrected chi connectivity index (χ1v) is 7.19. The lowest BCUT2D eigenvalue weighted by molar-refractivity contribution is 0.217. The third-order valence-corrected chi connectivity index (χ3v) is 4.36. The number of ether oxygens (including phenoxy) is 1. The van der Waals surface area contributed by atoms with E-state index in [1.165, 1.54) is 7.11 Å². The van der Waals surface area contributed by atoms with Crippen molar-refractivity contribution in [2.24, 2.45) is 0 Å². The second-order valence-electron chi connectivity index (χ2n) is 3.82. The molecule has 0 heterocycles. The molecule has 4 nitrogen and oxygen atoms in total. The molecular weight excluding hydrogens is 238 g/mol. The Morgan fingerprint density at radius 3 is 2.29 bits per heavy atom. The highest BCUT2D eigenvalue weighted by atomic mass is 32.2. The van der Waals surface area contributed by atoms with Gasteiger partial charge in [0.25, 0.3) is 0 Å². The normalized spacial score (nSPS) is 11.5. The molecule has 0 saturated carbocycles. The first kappa shape index (κ1) is 14.0. The second-order valence-corrected chi connectivity index (χ2v) is 5.93. The summed E-state index contributed by atoms with van der Waals surface area (Å²) in [4.78, 5) is 2.40. The number of hydrogen-bond donors (Lipinski definition) is 0. The van der Waals surface area contributed by atoms with Gasteiger partial charge in [0.15, 0.2) is 9.84 Å². The van der Waals surface area contributed by atoms with Gasteiger partial charge in [0, 0.05) is 26.4 Å². The summed E-state index contributed by atoms with van der Waals surface area (Å²) < 4.78 is 28.5. The van der Waals surface area contributed by atoms with Gasteiger partial charge >= 0.3 is 0 Å². The summed E-state index contributed by atoms with van der Waals surface area (Å²) in [6.45, 7) is 3.15. The van der Waals surface area contributed by atoms with Gasteiger partial charge in [-0.3, -0.25) is 0 Å². The molecule has 0 bridgehead atoms. The first-order chi connectivity index (χ1) is 8.01. The molecule has 1 aromatic rings. The predicted octanol–water partition coefficient (Wildman–Crippen LogP) is 1.56. The lowest BCUT2D eigenvalue weighted by Gasteiger charge is -2.16. The number of benzene rings is 1. The van der Waals surface area contributed by atoms with Crippen LogP contribution >= 0.6 is 0 Å². The van der Waals surface area contributed by atoms with E-state index in [-0.39, 0.29) is 12.4 Å². The number of rotatable bonds is 6. The highest BCUT2D eigenvalue weighted by Gasteiger charge is 2.13. The Morgan fingerprint density at radius 2 is 1.82 bits per heavy atom. The van der Waals surface area contributed by atoms with Gasteiger partial charge in [-0.15, -0.1) is 0 Å². The van der Waals surface area contributed by atoms with E-state index < -0.39 is 9.84 Å². The standard InChI is InChI=1S/C12H19NO3S/c1-4-13(2)11-5-7-12(8-6-11)17(14,15)10-9-16-3/h5-8H,4,9-10H2,1-3H3. The Bertz CT molecular complexity index is 439. The molecule has 0 aliphatic rings. The summed E-state index contributed by atoms with van der Waals surface area (Å²) in [7, 11) is 0.246. The minimum atomic E-state index is -3.22. The lowest BCUT2D eigenvalue weighted by Crippen LogP contribution is -2.16. The first-order valence-electron chi connectivity index (χ1n) is 5.54. The topological polar surface area (TPSA) is 46.6 Å². The summed E-state index contributed by atoms with van der Waals surface area (Å²) in [6, 6.07) is 6.94. The van der Waals surface area contributed by atoms with E-state index >= 15 is 0 Å². The van der Waals surface area contributed by atoms with E-state index in [1.54, 1.807) is 12.1 Å². The Kier molecular flexibility index (Phi) is 4.96. The molecule has 5 heteroatoms. The van der Waals surface area contributed by atoms with Gasteiger partial charge in [-0.1, -0.05) is 0 Å². The Morgan fingerprint density at radius 1 is 1.24 bits per heavy atom. The highest BCUT2D eigenvalue weighted by Crippen LogP contribution is 2.17. The second kappa shape index (κ2) is 6.02. The zero-order valence-corrected chi connectivity index (χ0v) is 11.3. The van der Waals surface area contributed by atoms with Gasteiger partial charge in [0.05, 0.1) is 17.3 Å². The molecule has 0 N–H and O–H groups in total. The molecule has 0 unspecified atom stereocenters. The molecule has 0 aromatic heterocycles. The van der Waals surface area contributed by atoms with Crippen molar-refractivity contribution in [3.05, 3.63) is 24.3 Å². The minimum Gasteiger partial charge on any atom is -0.384 e. The monoisotopic (exact) mass is 257 g/mol. The fourth-order valence-corrected chi connectivity index (χ4v) is 2.57. The Labute approximate surface area is 103 Å². The average Bonchev–Trinajstić information content (AvgIpc) is 2.35. The van der Waals surface area contributed by atoms with Crippen LogP contribution in [0.15, 0.2) is 29.2 Å². The van der Waals surface area contributed by atoms with Crippen LogP contribution in [0.25, 0.3) is 0 Å². The molecule has 1 rings (SSSR count). The zero-order valence-electron chi connectivity index (χ0n) is 10.5. The van der Waals surface area contributed by atoms with Crippen molar-refractivity contribution in [3.8, 4) is 0 Å². The van der Waals surface area contributed by atoms with E-state index in [0.717, 1.165) is 12.2 Å². The summed E-state index contributed by atoms with van der Waals surface area (Å²) in [5.41, 5.74) is 1.01. The van der Waals surface area contributed by atoms with Crippen LogP contribution in [0, 0.1) is 0 Å². The van der Waals surface area contributed by atoms with Gasteiger partial charge in [-0.05, 0) is 31.2 Å². The molecule has 96 valence electrons. The Hall–Kier alpha value is -1.07. The summed E-state index contributed by atoms with van der Waals surface area (Å²) in [5.74, 6) is 0.0203. The molecule has 0 aliphatic carbocycles. The molecule has 0 aliphatic heterocycles. The van der Waals surface area contributed by atoms with Gasteiger partial charge < -0.3 is 9.64 Å². The lowest BCUT2D eigenvalue weighted by atomic mass is 10.3. The number of anilines is 1. The fraction of sp³-hybridized carbons (Fsp3) is 0.500. The van der Waals surface area contributed by atoms with Crippen LogP contribution in [0.1, 0.15) is 6.92 Å². The average molecular weight is 257 g/mol. The fourth-order valence-electron chi connectivity index (χ4n) is 1.40. The van der Waals surface area contributed by atoms with Crippen LogP contribution in [-0.2, 0) is 14.6 Å². The van der Waals surface area contributed by atoms with Crippen molar-refractivity contribution in [1.29, 1.82) is 0 Å². The van der Waals surface area contributed by atoms with E-state index in [2.05, 4.69) is 0 Å². The number of sulfone groups is 1. The molecule has 0 fully saturated rings. The van der Waals surface area contributed by atoms with E-state index in [0.29, 0.717) is 4.90 Å². The van der Waals surface area contributed by atoms with E-state index in [4.69, 9.17) is 4.74 Å². The third-order valence-electron chi connectivity index (χ3n) is 2.67. The zero-order chi connectivity index (χ0) is 12.9. The summed E-state index contributed by atoms with van der Waals surface area (Å²) >= 11 is 0. The van der Waals surface area contributed by atoms with Crippen molar-refractivity contribution in [3.63, 3.8) is 0 Å². The van der Waals surface area contributed by atoms with E-state index in [1.807, 2.05) is 31.0 Å². The molecular formula is C12H19NO3S. The largest absolute Gasteiger partial charge is 0.384 e. The van der Waals surface area contributed by atoms with Gasteiger partial charge in [0.1, 0.15) is 0 Å². The van der Waals surface area contributed by atoms with Gasteiger partial charge in [0.2, 0.25) is 0 Å². The van der Waals surface area contributed by atoms with Crippen molar-refractivity contribution in [2.45, 2.75) is 11.8 Å². The van der Waals surface area contributed by atoms with Crippen LogP contribution in [-0.4, -0.2) is 41.5 Å². The predicted molar refractivity (Wildman–Crippen MR) is 69.3 cm³/mol. The number of methoxy groups -OCH3 is 1. The quantitative estimate of drug-likeness (QED) is 0.776. The SMILES string of the molecule is CCN(C)c1ccc(S(=O)(=O)CCOC)cc1. The van der Waals surface area contributed by atoms with Crippen molar-refractivity contribution in [1.82, 2.24) is 0 Å². The molecule has 0 atom stereocenters. The van der Waals surface area contributed by atoms with Crippen LogP contribution in [0.2, 0.25) is 0 Å². The molecule has 0 spiro atoms. The smallest absolute Gasteiger partial charge is 0.180 e. The van der Waals surface area contributed by atoms with Crippen molar-refractivity contribution < 1.29 is 13.2 Å². The minimum absolute atomic E-state index is 0.0203. The molecule has 0 amide bonds. The van der Waals surface area contributed by atoms with Gasteiger partial charge in [-0.25, -0.2) is 8.42 Å². The molecule has 0 saturated heterocycles. The van der Waals surface area contributed by atoms with Crippen molar-refractivity contribution >= 4 is 15.5 Å². The third kappa shape index (κ3) is 3.71. The summed E-state index contributed by atoms with van der Waals surface area (Å²) in [5, 5.41) is 0. The maximum atomic E-state index is 11.8. The summed E-state index contributed by atoms with van der Waals surface area (Å²) in [6.07, 6.45) is 0. The van der Waals surface area contributed by atoms with Crippen LogP contribution in [0.5, 0.6) is 0 Å². The molecule has 1 aromatic carbocycles. The maximum Gasteiger partial charge on any atom is 0.180 e. The van der Waals surface area contributed by atoms with Crippen LogP contribution in [0.3, 0.4) is 0 Å². The Balaban J connectivity index is 2.87. The van der Waals surface area contributed by atoms with Gasteiger partial charge in [-0.2, -0.15) is 0 Å². The molecule has 17 heavy (non-hydrogen) atoms. The van der Waals surface area contributed by atoms with Crippen LogP contribution < -0.4 is 4.90 Å². The maximum absolute atomic E-state index is 11.8. The number of hydrogen-bond acceptors (Lipinski definition) is 4. The molecule has 0 radical (unpaired) electrons. The van der Waals surface area contributed by atoms with Crippen molar-refractivity contribution in [2.75, 3.05) is 38.0 Å². The highest BCUT2D eigenvalue weighted by molar-refractivity contribution is 7.91.